The van der Waals surface area contributed by atoms with E-state index in [-0.39, 0.29) is 11.8 Å². The second kappa shape index (κ2) is 12.4. The Morgan fingerprint density at radius 2 is 1.85 bits per heavy atom. The average Bonchev–Trinajstić information content (AvgIpc) is 3.65. The van der Waals surface area contributed by atoms with Crippen LogP contribution in [0.4, 0.5) is 5.69 Å². The molecule has 2 atom stereocenters. The Morgan fingerprint density at radius 1 is 1.08 bits per heavy atom. The molecule has 3 heterocycles. The van der Waals surface area contributed by atoms with Gasteiger partial charge in [0.1, 0.15) is 6.17 Å². The molecule has 0 bridgehead atoms. The van der Waals surface area contributed by atoms with Crippen molar-refractivity contribution < 1.29 is 9.59 Å². The topological polar surface area (TPSA) is 115 Å². The fourth-order valence-corrected chi connectivity index (χ4v) is 5.81. The first kappa shape index (κ1) is 26.9. The minimum atomic E-state index is -0.449. The molecule has 0 spiro atoms. The van der Waals surface area contributed by atoms with Crippen molar-refractivity contribution in [3.8, 4) is 11.1 Å². The molecule has 2 saturated heterocycles. The number of rotatable bonds is 8. The largest absolute Gasteiger partial charge is 0.361 e. The molecule has 0 radical (unpaired) electrons. The van der Waals surface area contributed by atoms with Crippen molar-refractivity contribution in [3.63, 3.8) is 0 Å². The highest BCUT2D eigenvalue weighted by atomic mass is 16.2. The van der Waals surface area contributed by atoms with E-state index in [2.05, 4.69) is 34.0 Å². The molecule has 0 saturated carbocycles. The van der Waals surface area contributed by atoms with Crippen LogP contribution in [0.25, 0.3) is 17.2 Å². The second-order valence-corrected chi connectivity index (χ2v) is 10.7. The fraction of sp³-hybridized carbons (Fsp3) is 0.467. The third kappa shape index (κ3) is 6.30. The van der Waals surface area contributed by atoms with Crippen LogP contribution >= 0.6 is 0 Å². The lowest BCUT2D eigenvalue weighted by atomic mass is 10.00. The maximum atomic E-state index is 13.7. The van der Waals surface area contributed by atoms with E-state index in [0.717, 1.165) is 74.1 Å². The number of nitrogens with zero attached hydrogens (tertiary/aromatic N) is 4. The van der Waals surface area contributed by atoms with Gasteiger partial charge in [0.05, 0.1) is 0 Å². The molecule has 4 N–H and O–H groups in total. The SMILES string of the molecule is CCCN(CC1CCCN1)C(=O)C1=Cc2ccc(-c3ccc(C(=O)N4CCCC4)cc3)cc2NC(N=NN)C1. The van der Waals surface area contributed by atoms with Crippen LogP contribution in [0.1, 0.15) is 61.4 Å². The molecule has 206 valence electrons. The number of carbonyl (C=O) groups is 2. The van der Waals surface area contributed by atoms with Gasteiger partial charge in [0.15, 0.2) is 0 Å². The van der Waals surface area contributed by atoms with Crippen molar-refractivity contribution in [3.05, 3.63) is 59.2 Å². The van der Waals surface area contributed by atoms with Gasteiger partial charge in [0.25, 0.3) is 5.91 Å². The number of anilines is 1. The lowest BCUT2D eigenvalue weighted by Crippen LogP contribution is -2.42. The van der Waals surface area contributed by atoms with Gasteiger partial charge in [-0.1, -0.05) is 36.4 Å². The molecule has 0 aliphatic carbocycles. The summed E-state index contributed by atoms with van der Waals surface area (Å²) in [5.41, 5.74) is 5.22. The number of nitrogens with two attached hydrogens (primary N) is 1. The summed E-state index contributed by atoms with van der Waals surface area (Å²) in [6.45, 7) is 6.21. The lowest BCUT2D eigenvalue weighted by molar-refractivity contribution is -0.127. The molecule has 0 aromatic heterocycles. The molecular formula is C30H39N7O2. The van der Waals surface area contributed by atoms with E-state index in [9.17, 15) is 9.59 Å². The van der Waals surface area contributed by atoms with Crippen LogP contribution in [0.15, 0.2) is 58.4 Å². The molecule has 9 nitrogen and oxygen atoms in total. The Hall–Kier alpha value is -3.72. The number of carbonyl (C=O) groups excluding carboxylic acids is 2. The van der Waals surface area contributed by atoms with Gasteiger partial charge in [-0.2, -0.15) is 0 Å². The summed E-state index contributed by atoms with van der Waals surface area (Å²) in [6.07, 6.45) is 7.22. The maximum Gasteiger partial charge on any atom is 0.253 e. The zero-order chi connectivity index (χ0) is 27.2. The molecule has 2 fully saturated rings. The molecule has 2 aromatic rings. The summed E-state index contributed by atoms with van der Waals surface area (Å²) in [6, 6.07) is 14.3. The Bertz CT molecular complexity index is 1230. The molecule has 2 unspecified atom stereocenters. The number of hydrogen-bond acceptors (Lipinski definition) is 6. The zero-order valence-electron chi connectivity index (χ0n) is 22.7. The average molecular weight is 530 g/mol. The molecule has 3 aliphatic rings. The van der Waals surface area contributed by atoms with E-state index in [0.29, 0.717) is 36.7 Å². The van der Waals surface area contributed by atoms with Crippen LogP contribution in [-0.2, 0) is 4.79 Å². The lowest BCUT2D eigenvalue weighted by Gasteiger charge is -2.27. The van der Waals surface area contributed by atoms with Crippen molar-refractivity contribution in [1.82, 2.24) is 15.1 Å². The molecular weight excluding hydrogens is 490 g/mol. The van der Waals surface area contributed by atoms with Gasteiger partial charge in [-0.05, 0) is 79.6 Å². The summed E-state index contributed by atoms with van der Waals surface area (Å²) in [7, 11) is 0. The van der Waals surface area contributed by atoms with Gasteiger partial charge < -0.3 is 26.3 Å². The predicted molar refractivity (Wildman–Crippen MR) is 154 cm³/mol. The standard InChI is InChI=1S/C30H39N7O2/c1-2-14-37(20-26-6-5-13-32-26)30(39)25-17-24-12-11-23(18-27(24)33-28(19-25)34-35-31)21-7-9-22(10-8-21)29(38)36-15-3-4-16-36/h7-12,17-18,26,28,32-33H,2-6,13-16,19-20H2,1H3,(H2,31,34). The summed E-state index contributed by atoms with van der Waals surface area (Å²) < 4.78 is 0. The first-order valence-electron chi connectivity index (χ1n) is 14.2. The summed E-state index contributed by atoms with van der Waals surface area (Å²) in [5, 5.41) is 14.7. The van der Waals surface area contributed by atoms with Gasteiger partial charge in [0, 0.05) is 55.5 Å². The van der Waals surface area contributed by atoms with Crippen molar-refractivity contribution in [2.75, 3.05) is 38.0 Å². The minimum Gasteiger partial charge on any atom is -0.361 e. The number of fused-ring (bicyclic) bond motifs is 1. The highest BCUT2D eigenvalue weighted by molar-refractivity contribution is 5.99. The number of likely N-dealkylation sites (tertiary alicyclic amines) is 1. The second-order valence-electron chi connectivity index (χ2n) is 10.7. The molecule has 2 aromatic carbocycles. The van der Waals surface area contributed by atoms with Crippen LogP contribution in [-0.4, -0.2) is 66.5 Å². The summed E-state index contributed by atoms with van der Waals surface area (Å²) in [4.78, 5) is 30.4. The van der Waals surface area contributed by atoms with Crippen molar-refractivity contribution in [2.24, 2.45) is 16.2 Å². The van der Waals surface area contributed by atoms with Crippen LogP contribution in [0.3, 0.4) is 0 Å². The molecule has 5 rings (SSSR count). The highest BCUT2D eigenvalue weighted by Crippen LogP contribution is 2.32. The molecule has 3 aliphatic heterocycles. The Morgan fingerprint density at radius 3 is 2.54 bits per heavy atom. The summed E-state index contributed by atoms with van der Waals surface area (Å²) >= 11 is 0. The highest BCUT2D eigenvalue weighted by Gasteiger charge is 2.27. The van der Waals surface area contributed by atoms with Crippen molar-refractivity contribution in [2.45, 2.75) is 57.7 Å². The fourth-order valence-electron chi connectivity index (χ4n) is 5.81. The zero-order valence-corrected chi connectivity index (χ0v) is 22.7. The summed E-state index contributed by atoms with van der Waals surface area (Å²) in [5.74, 6) is 5.58. The van der Waals surface area contributed by atoms with Crippen LogP contribution < -0.4 is 16.5 Å². The first-order valence-corrected chi connectivity index (χ1v) is 14.2. The van der Waals surface area contributed by atoms with Gasteiger partial charge >= 0.3 is 0 Å². The van der Waals surface area contributed by atoms with E-state index >= 15 is 0 Å². The van der Waals surface area contributed by atoms with Crippen molar-refractivity contribution >= 4 is 23.6 Å². The maximum absolute atomic E-state index is 13.7. The van der Waals surface area contributed by atoms with E-state index in [1.54, 1.807) is 0 Å². The van der Waals surface area contributed by atoms with Crippen molar-refractivity contribution in [1.29, 1.82) is 0 Å². The Balaban J connectivity index is 1.39. The first-order chi connectivity index (χ1) is 19.1. The predicted octanol–water partition coefficient (Wildman–Crippen LogP) is 4.43. The van der Waals surface area contributed by atoms with E-state index < -0.39 is 6.17 Å². The third-order valence-electron chi connectivity index (χ3n) is 7.84. The normalized spacial score (nSPS) is 20.8. The number of hydrogen-bond donors (Lipinski definition) is 3. The van der Waals surface area contributed by atoms with Gasteiger partial charge in [0.2, 0.25) is 5.91 Å². The minimum absolute atomic E-state index is 0.0414. The van der Waals surface area contributed by atoms with Crippen LogP contribution in [0, 0.1) is 0 Å². The Kier molecular flexibility index (Phi) is 8.56. The van der Waals surface area contributed by atoms with Crippen LogP contribution in [0.5, 0.6) is 0 Å². The molecule has 2 amide bonds. The van der Waals surface area contributed by atoms with Gasteiger partial charge in [-0.25, -0.2) is 0 Å². The quantitative estimate of drug-likeness (QED) is 0.266. The van der Waals surface area contributed by atoms with Gasteiger partial charge in [-0.3, -0.25) is 9.59 Å². The number of benzene rings is 2. The monoisotopic (exact) mass is 529 g/mol. The number of nitrogens with one attached hydrogen (secondary N) is 2. The molecule has 39 heavy (non-hydrogen) atoms. The third-order valence-corrected chi connectivity index (χ3v) is 7.84. The van der Waals surface area contributed by atoms with E-state index in [1.165, 1.54) is 0 Å². The van der Waals surface area contributed by atoms with Gasteiger partial charge in [-0.15, -0.1) is 5.11 Å². The smallest absolute Gasteiger partial charge is 0.253 e. The van der Waals surface area contributed by atoms with E-state index in [4.69, 9.17) is 5.84 Å². The Labute approximate surface area is 230 Å². The molecule has 9 heteroatoms. The van der Waals surface area contributed by atoms with E-state index in [1.807, 2.05) is 52.3 Å². The number of amides is 2. The van der Waals surface area contributed by atoms with Crippen LogP contribution in [0.2, 0.25) is 0 Å².